The summed E-state index contributed by atoms with van der Waals surface area (Å²) in [5.74, 6) is -1.67. The summed E-state index contributed by atoms with van der Waals surface area (Å²) >= 11 is 0. The molecule has 1 aliphatic carbocycles. The molecular formula is C12H19NO5. The van der Waals surface area contributed by atoms with Crippen LogP contribution < -0.4 is 5.32 Å². The van der Waals surface area contributed by atoms with Crippen molar-refractivity contribution in [2.75, 3.05) is 6.79 Å². The van der Waals surface area contributed by atoms with Crippen LogP contribution in [-0.2, 0) is 19.1 Å². The SMILES string of the molecule is C=COCOC1CCC(NC(C)=O)CC1C(=O)O. The van der Waals surface area contributed by atoms with E-state index in [1.165, 1.54) is 13.2 Å². The lowest BCUT2D eigenvalue weighted by Crippen LogP contribution is -2.45. The number of amides is 1. The number of hydrogen-bond acceptors (Lipinski definition) is 4. The van der Waals surface area contributed by atoms with E-state index in [9.17, 15) is 9.59 Å². The molecule has 0 bridgehead atoms. The number of hydrogen-bond donors (Lipinski definition) is 2. The van der Waals surface area contributed by atoms with Crippen molar-refractivity contribution in [3.8, 4) is 0 Å². The van der Waals surface area contributed by atoms with Gasteiger partial charge in [-0.2, -0.15) is 0 Å². The van der Waals surface area contributed by atoms with Gasteiger partial charge in [-0.1, -0.05) is 6.58 Å². The Kier molecular flexibility index (Phi) is 5.64. The van der Waals surface area contributed by atoms with E-state index in [2.05, 4.69) is 11.9 Å². The lowest BCUT2D eigenvalue weighted by Gasteiger charge is -2.33. The van der Waals surface area contributed by atoms with Gasteiger partial charge in [0.05, 0.1) is 18.3 Å². The van der Waals surface area contributed by atoms with Crippen molar-refractivity contribution in [2.45, 2.75) is 38.3 Å². The minimum atomic E-state index is -0.909. The summed E-state index contributed by atoms with van der Waals surface area (Å²) in [6.45, 7) is 4.81. The van der Waals surface area contributed by atoms with E-state index in [1.54, 1.807) is 0 Å². The Hall–Kier alpha value is -1.56. The average molecular weight is 257 g/mol. The fourth-order valence-corrected chi connectivity index (χ4v) is 2.20. The number of carboxylic acid groups (broad SMARTS) is 1. The van der Waals surface area contributed by atoms with Gasteiger partial charge in [0.25, 0.3) is 0 Å². The van der Waals surface area contributed by atoms with E-state index in [0.717, 1.165) is 0 Å². The smallest absolute Gasteiger partial charge is 0.309 e. The Morgan fingerprint density at radius 1 is 1.50 bits per heavy atom. The molecule has 3 unspecified atom stereocenters. The third kappa shape index (κ3) is 4.37. The summed E-state index contributed by atoms with van der Waals surface area (Å²) in [6, 6.07) is -0.0937. The predicted octanol–water partition coefficient (Wildman–Crippen LogP) is 0.879. The second-order valence-corrected chi connectivity index (χ2v) is 4.31. The van der Waals surface area contributed by atoms with Gasteiger partial charge in [0, 0.05) is 13.0 Å². The van der Waals surface area contributed by atoms with Crippen molar-refractivity contribution in [3.05, 3.63) is 12.8 Å². The Labute approximate surface area is 106 Å². The maximum atomic E-state index is 11.2. The molecule has 3 atom stereocenters. The lowest BCUT2D eigenvalue weighted by atomic mass is 9.83. The first-order valence-corrected chi connectivity index (χ1v) is 5.88. The second kappa shape index (κ2) is 7.00. The summed E-state index contributed by atoms with van der Waals surface area (Å²) in [6.07, 6.45) is 2.55. The first-order valence-electron chi connectivity index (χ1n) is 5.88. The van der Waals surface area contributed by atoms with Crippen LogP contribution in [0.1, 0.15) is 26.2 Å². The number of carbonyl (C=O) groups is 2. The van der Waals surface area contributed by atoms with Gasteiger partial charge in [-0.25, -0.2) is 0 Å². The van der Waals surface area contributed by atoms with E-state index in [-0.39, 0.29) is 24.8 Å². The van der Waals surface area contributed by atoms with Crippen LogP contribution in [0.3, 0.4) is 0 Å². The first kappa shape index (κ1) is 14.5. The van der Waals surface area contributed by atoms with Crippen LogP contribution in [0.25, 0.3) is 0 Å². The van der Waals surface area contributed by atoms with E-state index in [4.69, 9.17) is 14.6 Å². The van der Waals surface area contributed by atoms with Crippen LogP contribution in [0.5, 0.6) is 0 Å². The summed E-state index contributed by atoms with van der Waals surface area (Å²) in [7, 11) is 0. The monoisotopic (exact) mass is 257 g/mol. The third-order valence-corrected chi connectivity index (χ3v) is 2.98. The first-order chi connectivity index (χ1) is 8.54. The summed E-state index contributed by atoms with van der Waals surface area (Å²) in [5, 5.41) is 11.9. The molecule has 102 valence electrons. The van der Waals surface area contributed by atoms with E-state index in [0.29, 0.717) is 19.3 Å². The van der Waals surface area contributed by atoms with Crippen molar-refractivity contribution >= 4 is 11.9 Å². The minimum Gasteiger partial charge on any atom is -0.481 e. The highest BCUT2D eigenvalue weighted by molar-refractivity contribution is 5.74. The molecule has 1 amide bonds. The van der Waals surface area contributed by atoms with Gasteiger partial charge < -0.3 is 19.9 Å². The third-order valence-electron chi connectivity index (χ3n) is 2.98. The normalized spacial score (nSPS) is 27.3. The molecule has 1 saturated carbocycles. The number of aliphatic carboxylic acids is 1. The Balaban J connectivity index is 2.52. The molecular weight excluding hydrogens is 238 g/mol. The maximum Gasteiger partial charge on any atom is 0.309 e. The van der Waals surface area contributed by atoms with Crippen LogP contribution in [-0.4, -0.2) is 35.9 Å². The molecule has 0 aromatic carbocycles. The van der Waals surface area contributed by atoms with Crippen LogP contribution >= 0.6 is 0 Å². The largest absolute Gasteiger partial charge is 0.481 e. The molecule has 1 rings (SSSR count). The topological polar surface area (TPSA) is 84.9 Å². The number of nitrogens with one attached hydrogen (secondary N) is 1. The van der Waals surface area contributed by atoms with Crippen molar-refractivity contribution in [2.24, 2.45) is 5.92 Å². The zero-order valence-electron chi connectivity index (χ0n) is 10.4. The molecule has 0 aliphatic heterocycles. The van der Waals surface area contributed by atoms with Crippen molar-refractivity contribution in [1.82, 2.24) is 5.32 Å². The Bertz CT molecular complexity index is 318. The van der Waals surface area contributed by atoms with Crippen molar-refractivity contribution < 1.29 is 24.2 Å². The fraction of sp³-hybridized carbons (Fsp3) is 0.667. The van der Waals surface area contributed by atoms with Gasteiger partial charge in [0.2, 0.25) is 5.91 Å². The number of carbonyl (C=O) groups excluding carboxylic acids is 1. The van der Waals surface area contributed by atoms with E-state index in [1.807, 2.05) is 0 Å². The molecule has 0 saturated heterocycles. The number of carboxylic acids is 1. The van der Waals surface area contributed by atoms with Gasteiger partial charge in [0.1, 0.15) is 0 Å². The minimum absolute atomic E-state index is 0.00273. The Morgan fingerprint density at radius 3 is 2.78 bits per heavy atom. The molecule has 1 fully saturated rings. The zero-order valence-corrected chi connectivity index (χ0v) is 10.4. The van der Waals surface area contributed by atoms with Crippen molar-refractivity contribution in [1.29, 1.82) is 0 Å². The molecule has 1 aliphatic rings. The molecule has 0 spiro atoms. The van der Waals surface area contributed by atoms with Crippen molar-refractivity contribution in [3.63, 3.8) is 0 Å². The van der Waals surface area contributed by atoms with Gasteiger partial charge in [0.15, 0.2) is 6.79 Å². The molecule has 0 heterocycles. The van der Waals surface area contributed by atoms with E-state index < -0.39 is 11.9 Å². The highest BCUT2D eigenvalue weighted by Gasteiger charge is 2.36. The molecule has 0 radical (unpaired) electrons. The summed E-state index contributed by atoms with van der Waals surface area (Å²) in [5.41, 5.74) is 0. The molecule has 0 aromatic rings. The predicted molar refractivity (Wildman–Crippen MR) is 63.6 cm³/mol. The standard InChI is InChI=1S/C12H19NO5/c1-3-17-7-18-11-5-4-9(13-8(2)14)6-10(11)12(15)16/h3,9-11H,1,4-7H2,2H3,(H,13,14)(H,15,16). The van der Waals surface area contributed by atoms with Gasteiger partial charge in [-0.05, 0) is 19.3 Å². The van der Waals surface area contributed by atoms with Gasteiger partial charge >= 0.3 is 5.97 Å². The zero-order chi connectivity index (χ0) is 13.5. The lowest BCUT2D eigenvalue weighted by molar-refractivity contribution is -0.156. The summed E-state index contributed by atoms with van der Waals surface area (Å²) < 4.78 is 10.2. The van der Waals surface area contributed by atoms with Crippen LogP contribution in [0.4, 0.5) is 0 Å². The molecule has 2 N–H and O–H groups in total. The fourth-order valence-electron chi connectivity index (χ4n) is 2.20. The molecule has 0 aromatic heterocycles. The number of rotatable bonds is 6. The molecule has 6 nitrogen and oxygen atoms in total. The molecule has 18 heavy (non-hydrogen) atoms. The van der Waals surface area contributed by atoms with Gasteiger partial charge in [-0.15, -0.1) is 0 Å². The second-order valence-electron chi connectivity index (χ2n) is 4.31. The van der Waals surface area contributed by atoms with E-state index >= 15 is 0 Å². The van der Waals surface area contributed by atoms with Crippen LogP contribution in [0.15, 0.2) is 12.8 Å². The Morgan fingerprint density at radius 2 is 2.22 bits per heavy atom. The highest BCUT2D eigenvalue weighted by atomic mass is 16.7. The van der Waals surface area contributed by atoms with Crippen LogP contribution in [0, 0.1) is 5.92 Å². The maximum absolute atomic E-state index is 11.2. The molecule has 6 heteroatoms. The highest BCUT2D eigenvalue weighted by Crippen LogP contribution is 2.27. The number of ether oxygens (including phenoxy) is 2. The average Bonchev–Trinajstić information content (AvgIpc) is 2.30. The quantitative estimate of drug-likeness (QED) is 0.419. The summed E-state index contributed by atoms with van der Waals surface area (Å²) in [4.78, 5) is 22.1. The van der Waals surface area contributed by atoms with Crippen LogP contribution in [0.2, 0.25) is 0 Å². The van der Waals surface area contributed by atoms with Gasteiger partial charge in [-0.3, -0.25) is 9.59 Å².